The highest BCUT2D eigenvalue weighted by Gasteiger charge is 2.12. The lowest BCUT2D eigenvalue weighted by molar-refractivity contribution is 0.0785. The Kier molecular flexibility index (Phi) is 5.20. The van der Waals surface area contributed by atoms with Gasteiger partial charge in [0.2, 0.25) is 0 Å². The average Bonchev–Trinajstić information content (AvgIpc) is 2.47. The molecule has 5 heteroatoms. The molecule has 1 aromatic heterocycles. The summed E-state index contributed by atoms with van der Waals surface area (Å²) < 4.78 is 0.668. The highest BCUT2D eigenvalue weighted by atomic mass is 79.9. The second kappa shape index (κ2) is 6.90. The summed E-state index contributed by atoms with van der Waals surface area (Å²) >= 11 is 4.99. The smallest absolute Gasteiger partial charge is 0.254 e. The van der Waals surface area contributed by atoms with Gasteiger partial charge in [0, 0.05) is 30.2 Å². The lowest BCUT2D eigenvalue weighted by atomic mass is 10.2. The maximum Gasteiger partial charge on any atom is 0.254 e. The van der Waals surface area contributed by atoms with Gasteiger partial charge in [-0.3, -0.25) is 4.79 Å². The Bertz CT molecular complexity index is 601. The number of rotatable bonds is 4. The third-order valence-corrected chi connectivity index (χ3v) is 4.08. The number of hydrogen-bond donors (Lipinski definition) is 0. The van der Waals surface area contributed by atoms with Gasteiger partial charge in [0.15, 0.2) is 0 Å². The van der Waals surface area contributed by atoms with Gasteiger partial charge in [-0.05, 0) is 52.0 Å². The molecule has 0 radical (unpaired) electrons. The standard InChI is InChI=1S/C15H15BrN2OS/c1-18(10-11-3-5-13(20-2)6-4-11)15(19)12-7-8-17-14(16)9-12/h3-9H,10H2,1-2H3. The Labute approximate surface area is 131 Å². The van der Waals surface area contributed by atoms with Gasteiger partial charge in [-0.25, -0.2) is 4.98 Å². The molecule has 0 aliphatic heterocycles. The van der Waals surface area contributed by atoms with Crippen molar-refractivity contribution < 1.29 is 4.79 Å². The number of pyridine rings is 1. The minimum Gasteiger partial charge on any atom is -0.337 e. The number of amides is 1. The van der Waals surface area contributed by atoms with Gasteiger partial charge < -0.3 is 4.90 Å². The Morgan fingerprint density at radius 2 is 2.00 bits per heavy atom. The molecule has 1 aromatic carbocycles. The molecule has 2 rings (SSSR count). The number of halogens is 1. The molecule has 0 saturated carbocycles. The zero-order chi connectivity index (χ0) is 14.5. The Morgan fingerprint density at radius 3 is 2.60 bits per heavy atom. The molecule has 104 valence electrons. The first-order valence-corrected chi connectivity index (χ1v) is 8.12. The van der Waals surface area contributed by atoms with E-state index < -0.39 is 0 Å². The summed E-state index contributed by atoms with van der Waals surface area (Å²) in [5.74, 6) is -0.0120. The van der Waals surface area contributed by atoms with Crippen LogP contribution in [0.15, 0.2) is 52.1 Å². The van der Waals surface area contributed by atoms with Crippen LogP contribution < -0.4 is 0 Å². The van der Waals surface area contributed by atoms with Crippen LogP contribution in [0.2, 0.25) is 0 Å². The molecule has 1 amide bonds. The predicted molar refractivity (Wildman–Crippen MR) is 86.0 cm³/mol. The van der Waals surface area contributed by atoms with Crippen molar-refractivity contribution in [1.82, 2.24) is 9.88 Å². The fraction of sp³-hybridized carbons (Fsp3) is 0.200. The lowest BCUT2D eigenvalue weighted by Gasteiger charge is -2.17. The van der Waals surface area contributed by atoms with Crippen molar-refractivity contribution in [3.05, 3.63) is 58.3 Å². The monoisotopic (exact) mass is 350 g/mol. The molecule has 0 unspecified atom stereocenters. The van der Waals surface area contributed by atoms with Crippen LogP contribution in [0.1, 0.15) is 15.9 Å². The summed E-state index contributed by atoms with van der Waals surface area (Å²) in [6, 6.07) is 11.7. The van der Waals surface area contributed by atoms with Crippen LogP contribution in [0, 0.1) is 0 Å². The van der Waals surface area contributed by atoms with Gasteiger partial charge in [-0.15, -0.1) is 11.8 Å². The van der Waals surface area contributed by atoms with Crippen LogP contribution in [0.4, 0.5) is 0 Å². The minimum atomic E-state index is -0.0120. The molecule has 0 saturated heterocycles. The van der Waals surface area contributed by atoms with E-state index in [1.807, 2.05) is 6.26 Å². The van der Waals surface area contributed by atoms with Crippen molar-refractivity contribution in [3.63, 3.8) is 0 Å². The summed E-state index contributed by atoms with van der Waals surface area (Å²) in [6.07, 6.45) is 3.67. The van der Waals surface area contributed by atoms with E-state index >= 15 is 0 Å². The number of nitrogens with zero attached hydrogens (tertiary/aromatic N) is 2. The second-order valence-electron chi connectivity index (χ2n) is 4.38. The Morgan fingerprint density at radius 1 is 1.30 bits per heavy atom. The predicted octanol–water partition coefficient (Wildman–Crippen LogP) is 3.84. The molecule has 3 nitrogen and oxygen atoms in total. The average molecular weight is 351 g/mol. The Balaban J connectivity index is 2.07. The van der Waals surface area contributed by atoms with Crippen molar-refractivity contribution in [3.8, 4) is 0 Å². The topological polar surface area (TPSA) is 33.2 Å². The van der Waals surface area contributed by atoms with E-state index in [2.05, 4.69) is 45.2 Å². The van der Waals surface area contributed by atoms with E-state index in [0.29, 0.717) is 16.7 Å². The van der Waals surface area contributed by atoms with Gasteiger partial charge in [0.1, 0.15) is 4.60 Å². The zero-order valence-electron chi connectivity index (χ0n) is 11.3. The van der Waals surface area contributed by atoms with Gasteiger partial charge in [0.25, 0.3) is 5.91 Å². The SMILES string of the molecule is CSc1ccc(CN(C)C(=O)c2ccnc(Br)c2)cc1. The summed E-state index contributed by atoms with van der Waals surface area (Å²) in [5, 5.41) is 0. The molecule has 0 aliphatic carbocycles. The van der Waals surface area contributed by atoms with Gasteiger partial charge >= 0.3 is 0 Å². The lowest BCUT2D eigenvalue weighted by Crippen LogP contribution is -2.26. The van der Waals surface area contributed by atoms with Crippen LogP contribution in [-0.2, 0) is 6.54 Å². The molecular weight excluding hydrogens is 336 g/mol. The number of benzene rings is 1. The number of carbonyl (C=O) groups excluding carboxylic acids is 1. The minimum absolute atomic E-state index is 0.0120. The van der Waals surface area contributed by atoms with E-state index in [1.54, 1.807) is 42.0 Å². The van der Waals surface area contributed by atoms with Gasteiger partial charge in [0.05, 0.1) is 0 Å². The van der Waals surface area contributed by atoms with E-state index in [0.717, 1.165) is 5.56 Å². The molecule has 0 N–H and O–H groups in total. The van der Waals surface area contributed by atoms with Crippen LogP contribution in [0.5, 0.6) is 0 Å². The number of hydrogen-bond acceptors (Lipinski definition) is 3. The maximum atomic E-state index is 12.3. The van der Waals surface area contributed by atoms with Crippen LogP contribution in [0.3, 0.4) is 0 Å². The van der Waals surface area contributed by atoms with E-state index in [4.69, 9.17) is 0 Å². The summed E-state index contributed by atoms with van der Waals surface area (Å²) in [4.78, 5) is 19.3. The molecule has 0 fully saturated rings. The first kappa shape index (κ1) is 15.1. The van der Waals surface area contributed by atoms with Crippen LogP contribution >= 0.6 is 27.7 Å². The maximum absolute atomic E-state index is 12.3. The van der Waals surface area contributed by atoms with Gasteiger partial charge in [-0.2, -0.15) is 0 Å². The molecule has 0 spiro atoms. The van der Waals surface area contributed by atoms with Crippen molar-refractivity contribution in [2.24, 2.45) is 0 Å². The molecule has 0 atom stereocenters. The Hall–Kier alpha value is -1.33. The quantitative estimate of drug-likeness (QED) is 0.620. The van der Waals surface area contributed by atoms with Crippen molar-refractivity contribution >= 4 is 33.6 Å². The van der Waals surface area contributed by atoms with Crippen molar-refractivity contribution in [1.29, 1.82) is 0 Å². The highest BCUT2D eigenvalue weighted by molar-refractivity contribution is 9.10. The summed E-state index contributed by atoms with van der Waals surface area (Å²) in [6.45, 7) is 0.591. The van der Waals surface area contributed by atoms with Crippen molar-refractivity contribution in [2.45, 2.75) is 11.4 Å². The molecule has 20 heavy (non-hydrogen) atoms. The molecule has 1 heterocycles. The molecule has 2 aromatic rings. The van der Waals surface area contributed by atoms with Crippen molar-refractivity contribution in [2.75, 3.05) is 13.3 Å². The number of thioether (sulfide) groups is 1. The normalized spacial score (nSPS) is 10.3. The molecule has 0 bridgehead atoms. The third-order valence-electron chi connectivity index (χ3n) is 2.90. The molecule has 0 aliphatic rings. The zero-order valence-corrected chi connectivity index (χ0v) is 13.7. The van der Waals surface area contributed by atoms with E-state index in [-0.39, 0.29) is 5.91 Å². The number of aromatic nitrogens is 1. The third kappa shape index (κ3) is 3.84. The fourth-order valence-corrected chi connectivity index (χ4v) is 2.61. The fourth-order valence-electron chi connectivity index (χ4n) is 1.83. The van der Waals surface area contributed by atoms with Crippen LogP contribution in [-0.4, -0.2) is 29.1 Å². The first-order chi connectivity index (χ1) is 9.60. The summed E-state index contributed by atoms with van der Waals surface area (Å²) in [7, 11) is 1.80. The molecular formula is C15H15BrN2OS. The van der Waals surface area contributed by atoms with Crippen LogP contribution in [0.25, 0.3) is 0 Å². The number of carbonyl (C=O) groups is 1. The van der Waals surface area contributed by atoms with Gasteiger partial charge in [-0.1, -0.05) is 12.1 Å². The largest absolute Gasteiger partial charge is 0.337 e. The summed E-state index contributed by atoms with van der Waals surface area (Å²) in [5.41, 5.74) is 1.75. The highest BCUT2D eigenvalue weighted by Crippen LogP contribution is 2.16. The van der Waals surface area contributed by atoms with E-state index in [1.165, 1.54) is 4.90 Å². The van der Waals surface area contributed by atoms with E-state index in [9.17, 15) is 4.79 Å². The second-order valence-corrected chi connectivity index (χ2v) is 6.07. The first-order valence-electron chi connectivity index (χ1n) is 6.10.